The van der Waals surface area contributed by atoms with Gasteiger partial charge in [-0.05, 0) is 44.2 Å². The van der Waals surface area contributed by atoms with Crippen molar-refractivity contribution in [1.82, 2.24) is 10.3 Å². The molecule has 0 aliphatic carbocycles. The lowest BCUT2D eigenvalue weighted by Crippen LogP contribution is -2.28. The Kier molecular flexibility index (Phi) is 9.25. The molecule has 164 valence electrons. The first-order valence-electron chi connectivity index (χ1n) is 11.0. The number of benzene rings is 1. The van der Waals surface area contributed by atoms with Crippen LogP contribution < -0.4 is 15.0 Å². The number of nitrogens with zero attached hydrogens (tertiary/aromatic N) is 2. The summed E-state index contributed by atoms with van der Waals surface area (Å²) in [4.78, 5) is 6.80. The van der Waals surface area contributed by atoms with Gasteiger partial charge in [-0.2, -0.15) is 0 Å². The zero-order valence-corrected chi connectivity index (χ0v) is 18.5. The van der Waals surface area contributed by atoms with Crippen molar-refractivity contribution in [3.63, 3.8) is 0 Å². The van der Waals surface area contributed by atoms with Gasteiger partial charge in [-0.15, -0.1) is 12.4 Å². The van der Waals surface area contributed by atoms with Crippen LogP contribution in [0.4, 0.5) is 5.69 Å². The minimum Gasteiger partial charge on any atom is -0.490 e. The summed E-state index contributed by atoms with van der Waals surface area (Å²) in [6.07, 6.45) is 9.57. The third kappa shape index (κ3) is 6.86. The van der Waals surface area contributed by atoms with E-state index in [-0.39, 0.29) is 12.4 Å². The predicted molar refractivity (Wildman–Crippen MR) is 124 cm³/mol. The van der Waals surface area contributed by atoms with Gasteiger partial charge in [-0.3, -0.25) is 4.98 Å². The average Bonchev–Trinajstić information content (AvgIpc) is 3.45. The Bertz CT molecular complexity index is 740. The van der Waals surface area contributed by atoms with E-state index in [0.29, 0.717) is 12.0 Å². The molecule has 6 heteroatoms. The molecule has 2 aliphatic heterocycles. The Balaban J connectivity index is 0.00000256. The van der Waals surface area contributed by atoms with Crippen LogP contribution in [-0.2, 0) is 11.2 Å². The van der Waals surface area contributed by atoms with Gasteiger partial charge < -0.3 is 19.7 Å². The molecule has 1 unspecified atom stereocenters. The number of nitrogens with one attached hydrogen (secondary N) is 1. The molecular weight excluding hydrogens is 398 g/mol. The summed E-state index contributed by atoms with van der Waals surface area (Å²) < 4.78 is 11.9. The molecule has 2 aromatic rings. The van der Waals surface area contributed by atoms with Gasteiger partial charge in [0.15, 0.2) is 0 Å². The molecule has 0 amide bonds. The quantitative estimate of drug-likeness (QED) is 0.573. The van der Waals surface area contributed by atoms with Crippen molar-refractivity contribution >= 4 is 18.1 Å². The lowest BCUT2D eigenvalue weighted by atomic mass is 10.1. The Morgan fingerprint density at radius 3 is 2.83 bits per heavy atom. The second kappa shape index (κ2) is 12.1. The summed E-state index contributed by atoms with van der Waals surface area (Å²) in [5.74, 6) is 1.47. The van der Waals surface area contributed by atoms with Crippen molar-refractivity contribution in [3.8, 4) is 5.75 Å². The minimum absolute atomic E-state index is 0. The summed E-state index contributed by atoms with van der Waals surface area (Å²) in [6.45, 7) is 5.62. The van der Waals surface area contributed by atoms with Crippen LogP contribution in [0.5, 0.6) is 5.75 Å². The van der Waals surface area contributed by atoms with Crippen LogP contribution in [0.1, 0.15) is 31.2 Å². The first-order chi connectivity index (χ1) is 14.4. The van der Waals surface area contributed by atoms with Crippen molar-refractivity contribution < 1.29 is 9.47 Å². The van der Waals surface area contributed by atoms with Gasteiger partial charge in [0, 0.05) is 37.7 Å². The van der Waals surface area contributed by atoms with Gasteiger partial charge in [0.2, 0.25) is 0 Å². The topological polar surface area (TPSA) is 46.6 Å². The first kappa shape index (κ1) is 22.9. The van der Waals surface area contributed by atoms with E-state index < -0.39 is 0 Å². The second-order valence-electron chi connectivity index (χ2n) is 8.25. The molecule has 2 fully saturated rings. The number of aromatic nitrogens is 1. The summed E-state index contributed by atoms with van der Waals surface area (Å²) in [5, 5.41) is 3.47. The molecule has 2 atom stereocenters. The van der Waals surface area contributed by atoms with Gasteiger partial charge in [0.1, 0.15) is 12.4 Å². The molecule has 3 heterocycles. The molecule has 0 bridgehead atoms. The number of rotatable bonds is 10. The standard InChI is InChI=1S/C24H33N3O2.ClH/c1-2-6-20(7-3-1)8-5-13-28-18-21-10-12-27(17-21)23-14-24(16-25-15-23)29-19-22-9-4-11-26-22;/h1-3,6-7,14-16,21-22,26H,4-5,8-13,17-19H2;1H/t21?,22-;/m0./s1. The maximum absolute atomic E-state index is 5.97. The molecule has 5 nitrogen and oxygen atoms in total. The van der Waals surface area contributed by atoms with Crippen LogP contribution in [0.25, 0.3) is 0 Å². The van der Waals surface area contributed by atoms with Gasteiger partial charge in [0.05, 0.1) is 24.7 Å². The molecular formula is C24H34ClN3O2. The molecule has 30 heavy (non-hydrogen) atoms. The molecule has 0 saturated carbocycles. The lowest BCUT2D eigenvalue weighted by Gasteiger charge is -2.19. The third-order valence-electron chi connectivity index (χ3n) is 5.91. The highest BCUT2D eigenvalue weighted by Crippen LogP contribution is 2.26. The summed E-state index contributed by atoms with van der Waals surface area (Å²) in [5.41, 5.74) is 2.55. The van der Waals surface area contributed by atoms with Crippen molar-refractivity contribution in [3.05, 3.63) is 54.4 Å². The van der Waals surface area contributed by atoms with Crippen molar-refractivity contribution in [1.29, 1.82) is 0 Å². The normalized spacial score (nSPS) is 20.9. The van der Waals surface area contributed by atoms with E-state index >= 15 is 0 Å². The zero-order valence-electron chi connectivity index (χ0n) is 17.7. The number of ether oxygens (including phenoxy) is 2. The number of aryl methyl sites for hydroxylation is 1. The van der Waals surface area contributed by atoms with E-state index in [1.54, 1.807) is 0 Å². The summed E-state index contributed by atoms with van der Waals surface area (Å²) in [6, 6.07) is 13.2. The molecule has 1 aromatic heterocycles. The van der Waals surface area contributed by atoms with Crippen LogP contribution in [0.2, 0.25) is 0 Å². The van der Waals surface area contributed by atoms with E-state index in [1.165, 1.54) is 24.8 Å². The number of halogens is 1. The predicted octanol–water partition coefficient (Wildman–Crippen LogP) is 4.11. The van der Waals surface area contributed by atoms with Gasteiger partial charge in [0.25, 0.3) is 0 Å². The van der Waals surface area contributed by atoms with Crippen molar-refractivity contribution in [2.45, 2.75) is 38.1 Å². The lowest BCUT2D eigenvalue weighted by molar-refractivity contribution is 0.104. The Morgan fingerprint density at radius 1 is 1.10 bits per heavy atom. The van der Waals surface area contributed by atoms with E-state index in [2.05, 4.69) is 51.6 Å². The van der Waals surface area contributed by atoms with Crippen molar-refractivity contribution in [2.75, 3.05) is 44.4 Å². The average molecular weight is 432 g/mol. The van der Waals surface area contributed by atoms with Crippen molar-refractivity contribution in [2.24, 2.45) is 5.92 Å². The SMILES string of the molecule is Cl.c1ccc(CCCOCC2CCN(c3cncc(OC[C@@H]4CCCN4)c3)C2)cc1. The maximum atomic E-state index is 5.97. The zero-order chi connectivity index (χ0) is 19.7. The molecule has 1 N–H and O–H groups in total. The summed E-state index contributed by atoms with van der Waals surface area (Å²) in [7, 11) is 0. The van der Waals surface area contributed by atoms with Crippen LogP contribution in [0.3, 0.4) is 0 Å². The smallest absolute Gasteiger partial charge is 0.139 e. The second-order valence-corrected chi connectivity index (χ2v) is 8.25. The Labute approximate surface area is 186 Å². The number of pyridine rings is 1. The fourth-order valence-electron chi connectivity index (χ4n) is 4.23. The van der Waals surface area contributed by atoms with E-state index in [4.69, 9.17) is 9.47 Å². The number of hydrogen-bond acceptors (Lipinski definition) is 5. The number of anilines is 1. The first-order valence-corrected chi connectivity index (χ1v) is 11.0. The van der Waals surface area contributed by atoms with Crippen LogP contribution in [0.15, 0.2) is 48.8 Å². The van der Waals surface area contributed by atoms with Crippen LogP contribution in [-0.4, -0.2) is 50.5 Å². The molecule has 1 aromatic carbocycles. The Morgan fingerprint density at radius 2 is 2.00 bits per heavy atom. The molecule has 2 aliphatic rings. The molecule has 0 spiro atoms. The molecule has 2 saturated heterocycles. The van der Waals surface area contributed by atoms with E-state index in [0.717, 1.165) is 63.7 Å². The summed E-state index contributed by atoms with van der Waals surface area (Å²) >= 11 is 0. The highest BCUT2D eigenvalue weighted by molar-refractivity contribution is 5.85. The highest BCUT2D eigenvalue weighted by atomic mass is 35.5. The maximum Gasteiger partial charge on any atom is 0.139 e. The van der Waals surface area contributed by atoms with Crippen LogP contribution >= 0.6 is 12.4 Å². The monoisotopic (exact) mass is 431 g/mol. The largest absolute Gasteiger partial charge is 0.490 e. The molecule has 4 rings (SSSR count). The fraction of sp³-hybridized carbons (Fsp3) is 0.542. The fourth-order valence-corrected chi connectivity index (χ4v) is 4.23. The van der Waals surface area contributed by atoms with Gasteiger partial charge in [-0.1, -0.05) is 30.3 Å². The number of hydrogen-bond donors (Lipinski definition) is 1. The van der Waals surface area contributed by atoms with Gasteiger partial charge >= 0.3 is 0 Å². The van der Waals surface area contributed by atoms with E-state index in [1.807, 2.05) is 12.4 Å². The minimum atomic E-state index is 0. The van der Waals surface area contributed by atoms with Crippen LogP contribution in [0, 0.1) is 5.92 Å². The Hall–Kier alpha value is -1.82. The van der Waals surface area contributed by atoms with Gasteiger partial charge in [-0.25, -0.2) is 0 Å². The van der Waals surface area contributed by atoms with E-state index in [9.17, 15) is 0 Å². The highest BCUT2D eigenvalue weighted by Gasteiger charge is 2.23. The molecule has 0 radical (unpaired) electrons. The third-order valence-corrected chi connectivity index (χ3v) is 5.91.